The molecule has 0 aromatic heterocycles. The lowest BCUT2D eigenvalue weighted by Gasteiger charge is -2.29. The van der Waals surface area contributed by atoms with Crippen molar-refractivity contribution in [3.05, 3.63) is 42.5 Å². The molecule has 1 aromatic carbocycles. The van der Waals surface area contributed by atoms with Crippen LogP contribution in [0, 0.1) is 0 Å². The normalized spacial score (nSPS) is 18.0. The molecule has 1 heterocycles. The molecule has 1 aliphatic heterocycles. The van der Waals surface area contributed by atoms with Gasteiger partial charge in [0.25, 0.3) is 0 Å². The van der Waals surface area contributed by atoms with Crippen molar-refractivity contribution in [2.45, 2.75) is 31.7 Å². The van der Waals surface area contributed by atoms with Gasteiger partial charge in [0, 0.05) is 12.6 Å². The predicted molar refractivity (Wildman–Crippen MR) is 97.5 cm³/mol. The standard InChI is InChI=1S/C19H27N3O3/c1-3-12-20-19(24)21-18(23)14-22-13-6-4-5-7-17(22)15-8-10-16(25-2)11-9-15/h3,8-11,17H,1,4-7,12-14H2,2H3,(H2,20,21,23,24). The molecular formula is C19H27N3O3. The van der Waals surface area contributed by atoms with Crippen molar-refractivity contribution in [2.24, 2.45) is 0 Å². The summed E-state index contributed by atoms with van der Waals surface area (Å²) in [6.07, 6.45) is 5.92. The highest BCUT2D eigenvalue weighted by Gasteiger charge is 2.25. The number of methoxy groups -OCH3 is 1. The second kappa shape index (κ2) is 9.84. The Morgan fingerprint density at radius 1 is 1.28 bits per heavy atom. The number of carbonyl (C=O) groups is 2. The average Bonchev–Trinajstić information content (AvgIpc) is 2.85. The zero-order valence-corrected chi connectivity index (χ0v) is 14.8. The highest BCUT2D eigenvalue weighted by atomic mass is 16.5. The average molecular weight is 345 g/mol. The number of amides is 3. The Morgan fingerprint density at radius 3 is 2.72 bits per heavy atom. The summed E-state index contributed by atoms with van der Waals surface area (Å²) in [5, 5.41) is 4.92. The number of hydrogen-bond acceptors (Lipinski definition) is 4. The van der Waals surface area contributed by atoms with E-state index in [1.54, 1.807) is 13.2 Å². The van der Waals surface area contributed by atoms with E-state index in [-0.39, 0.29) is 18.5 Å². The molecule has 2 N–H and O–H groups in total. The molecule has 1 unspecified atom stereocenters. The number of rotatable bonds is 6. The van der Waals surface area contributed by atoms with Crippen LogP contribution in [0.3, 0.4) is 0 Å². The lowest BCUT2D eigenvalue weighted by atomic mass is 10.0. The Bertz CT molecular complexity index is 586. The maximum atomic E-state index is 12.2. The number of nitrogens with one attached hydrogen (secondary N) is 2. The Labute approximate surface area is 149 Å². The van der Waals surface area contributed by atoms with Gasteiger partial charge in [-0.25, -0.2) is 4.79 Å². The fourth-order valence-electron chi connectivity index (χ4n) is 3.12. The Balaban J connectivity index is 2.02. The highest BCUT2D eigenvalue weighted by molar-refractivity contribution is 5.95. The van der Waals surface area contributed by atoms with Crippen LogP contribution in [0.15, 0.2) is 36.9 Å². The monoisotopic (exact) mass is 345 g/mol. The number of hydrogen-bond donors (Lipinski definition) is 2. The van der Waals surface area contributed by atoms with Crippen LogP contribution in [-0.4, -0.2) is 43.6 Å². The van der Waals surface area contributed by atoms with Crippen molar-refractivity contribution in [1.29, 1.82) is 0 Å². The molecule has 1 aromatic rings. The van der Waals surface area contributed by atoms with Crippen molar-refractivity contribution in [1.82, 2.24) is 15.5 Å². The summed E-state index contributed by atoms with van der Waals surface area (Å²) in [6.45, 7) is 4.91. The lowest BCUT2D eigenvalue weighted by Crippen LogP contribution is -2.45. The summed E-state index contributed by atoms with van der Waals surface area (Å²) in [7, 11) is 1.65. The summed E-state index contributed by atoms with van der Waals surface area (Å²) >= 11 is 0. The van der Waals surface area contributed by atoms with Crippen molar-refractivity contribution >= 4 is 11.9 Å². The van der Waals surface area contributed by atoms with Gasteiger partial charge in [0.05, 0.1) is 13.7 Å². The Hall–Kier alpha value is -2.34. The first-order chi connectivity index (χ1) is 12.1. The maximum Gasteiger partial charge on any atom is 0.321 e. The van der Waals surface area contributed by atoms with Crippen LogP contribution >= 0.6 is 0 Å². The van der Waals surface area contributed by atoms with Crippen LogP contribution in [-0.2, 0) is 4.79 Å². The molecule has 1 saturated heterocycles. The molecule has 0 aliphatic carbocycles. The van der Waals surface area contributed by atoms with E-state index < -0.39 is 6.03 Å². The minimum absolute atomic E-state index is 0.176. The van der Waals surface area contributed by atoms with E-state index in [0.29, 0.717) is 6.54 Å². The number of carbonyl (C=O) groups excluding carboxylic acids is 2. The van der Waals surface area contributed by atoms with E-state index in [2.05, 4.69) is 34.2 Å². The van der Waals surface area contributed by atoms with Gasteiger partial charge < -0.3 is 10.1 Å². The molecule has 0 spiro atoms. The number of urea groups is 1. The molecule has 1 fully saturated rings. The second-order valence-corrected chi connectivity index (χ2v) is 6.16. The van der Waals surface area contributed by atoms with Crippen LogP contribution in [0.1, 0.15) is 37.3 Å². The highest BCUT2D eigenvalue weighted by Crippen LogP contribution is 2.30. The summed E-state index contributed by atoms with van der Waals surface area (Å²) < 4.78 is 5.22. The fraction of sp³-hybridized carbons (Fsp3) is 0.474. The third-order valence-corrected chi connectivity index (χ3v) is 4.37. The topological polar surface area (TPSA) is 70.7 Å². The largest absolute Gasteiger partial charge is 0.497 e. The summed E-state index contributed by atoms with van der Waals surface area (Å²) in [5.41, 5.74) is 1.17. The van der Waals surface area contributed by atoms with Crippen LogP contribution in [0.2, 0.25) is 0 Å². The minimum Gasteiger partial charge on any atom is -0.497 e. The van der Waals surface area contributed by atoms with Crippen molar-refractivity contribution in [3.63, 3.8) is 0 Å². The van der Waals surface area contributed by atoms with Gasteiger partial charge in [-0.1, -0.05) is 31.1 Å². The minimum atomic E-state index is -0.485. The molecule has 25 heavy (non-hydrogen) atoms. The molecule has 136 valence electrons. The first-order valence-corrected chi connectivity index (χ1v) is 8.70. The Morgan fingerprint density at radius 2 is 2.04 bits per heavy atom. The van der Waals surface area contributed by atoms with Gasteiger partial charge in [0.15, 0.2) is 0 Å². The number of nitrogens with zero attached hydrogens (tertiary/aromatic N) is 1. The van der Waals surface area contributed by atoms with Crippen molar-refractivity contribution < 1.29 is 14.3 Å². The number of imide groups is 1. The third-order valence-electron chi connectivity index (χ3n) is 4.37. The SMILES string of the molecule is C=CCNC(=O)NC(=O)CN1CCCCCC1c1ccc(OC)cc1. The number of benzene rings is 1. The van der Waals surface area contributed by atoms with Crippen LogP contribution in [0.5, 0.6) is 5.75 Å². The first-order valence-electron chi connectivity index (χ1n) is 8.70. The second-order valence-electron chi connectivity index (χ2n) is 6.16. The van der Waals surface area contributed by atoms with E-state index in [4.69, 9.17) is 4.74 Å². The molecule has 6 nitrogen and oxygen atoms in total. The lowest BCUT2D eigenvalue weighted by molar-refractivity contribution is -0.121. The maximum absolute atomic E-state index is 12.2. The fourth-order valence-corrected chi connectivity index (χ4v) is 3.12. The smallest absolute Gasteiger partial charge is 0.321 e. The zero-order valence-electron chi connectivity index (χ0n) is 14.8. The van der Waals surface area contributed by atoms with Gasteiger partial charge in [-0.2, -0.15) is 0 Å². The first kappa shape index (κ1) is 19.0. The van der Waals surface area contributed by atoms with Crippen LogP contribution < -0.4 is 15.4 Å². The molecule has 1 atom stereocenters. The third kappa shape index (κ3) is 5.90. The van der Waals surface area contributed by atoms with Gasteiger partial charge >= 0.3 is 6.03 Å². The summed E-state index contributed by atoms with van der Waals surface area (Å²) in [6, 6.07) is 7.69. The predicted octanol–water partition coefficient (Wildman–Crippen LogP) is 2.62. The molecule has 2 rings (SSSR count). The van der Waals surface area contributed by atoms with Gasteiger partial charge in [0.2, 0.25) is 5.91 Å². The molecule has 1 aliphatic rings. The van der Waals surface area contributed by atoms with Crippen LogP contribution in [0.4, 0.5) is 4.79 Å². The molecule has 0 bridgehead atoms. The molecule has 0 radical (unpaired) electrons. The van der Waals surface area contributed by atoms with Crippen molar-refractivity contribution in [2.75, 3.05) is 26.7 Å². The molecule has 0 saturated carbocycles. The van der Waals surface area contributed by atoms with E-state index in [9.17, 15) is 9.59 Å². The number of likely N-dealkylation sites (tertiary alicyclic amines) is 1. The van der Waals surface area contributed by atoms with E-state index in [0.717, 1.165) is 38.0 Å². The van der Waals surface area contributed by atoms with E-state index in [1.807, 2.05) is 12.1 Å². The summed E-state index contributed by atoms with van der Waals surface area (Å²) in [4.78, 5) is 26.0. The summed E-state index contributed by atoms with van der Waals surface area (Å²) in [5.74, 6) is 0.530. The van der Waals surface area contributed by atoms with Crippen molar-refractivity contribution in [3.8, 4) is 5.75 Å². The quantitative estimate of drug-likeness (QED) is 0.778. The van der Waals surface area contributed by atoms with E-state index in [1.165, 1.54) is 5.56 Å². The van der Waals surface area contributed by atoms with Gasteiger partial charge in [0.1, 0.15) is 5.75 Å². The van der Waals surface area contributed by atoms with E-state index >= 15 is 0 Å². The Kier molecular flexibility index (Phi) is 7.47. The molecule has 6 heteroatoms. The van der Waals surface area contributed by atoms with Gasteiger partial charge in [-0.3, -0.25) is 15.0 Å². The molecular weight excluding hydrogens is 318 g/mol. The molecule has 3 amide bonds. The van der Waals surface area contributed by atoms with Gasteiger partial charge in [-0.15, -0.1) is 6.58 Å². The van der Waals surface area contributed by atoms with Gasteiger partial charge in [-0.05, 0) is 37.1 Å². The van der Waals surface area contributed by atoms with Crippen LogP contribution in [0.25, 0.3) is 0 Å². The number of ether oxygens (including phenoxy) is 1. The zero-order chi connectivity index (χ0) is 18.1.